The lowest BCUT2D eigenvalue weighted by molar-refractivity contribution is 0.0938. The monoisotopic (exact) mass is 373 g/mol. The van der Waals surface area contributed by atoms with Crippen molar-refractivity contribution in [2.75, 3.05) is 18.5 Å². The second-order valence-electron chi connectivity index (χ2n) is 6.35. The zero-order valence-electron chi connectivity index (χ0n) is 15.5. The second-order valence-corrected chi connectivity index (χ2v) is 6.35. The molecule has 144 valence electrons. The van der Waals surface area contributed by atoms with Crippen molar-refractivity contribution in [3.8, 4) is 5.75 Å². The molecule has 27 heavy (non-hydrogen) atoms. The normalized spacial score (nSPS) is 12.3. The minimum absolute atomic E-state index is 0.0539. The van der Waals surface area contributed by atoms with Gasteiger partial charge >= 0.3 is 5.69 Å². The fourth-order valence-electron chi connectivity index (χ4n) is 2.87. The van der Waals surface area contributed by atoms with Gasteiger partial charge in [-0.1, -0.05) is 12.1 Å². The second kappa shape index (κ2) is 7.67. The van der Waals surface area contributed by atoms with Gasteiger partial charge in [-0.3, -0.25) is 14.3 Å². The van der Waals surface area contributed by atoms with Crippen molar-refractivity contribution in [1.82, 2.24) is 19.1 Å². The highest BCUT2D eigenvalue weighted by Gasteiger charge is 2.19. The van der Waals surface area contributed by atoms with Crippen molar-refractivity contribution >= 4 is 17.1 Å². The lowest BCUT2D eigenvalue weighted by Crippen LogP contribution is -2.31. The minimum atomic E-state index is -0.878. The van der Waals surface area contributed by atoms with Crippen LogP contribution in [0.5, 0.6) is 5.75 Å². The number of anilines is 1. The molecular weight excluding hydrogens is 350 g/mol. The van der Waals surface area contributed by atoms with Gasteiger partial charge in [0.1, 0.15) is 18.5 Å². The number of aliphatic hydroxyl groups is 1. The van der Waals surface area contributed by atoms with Crippen LogP contribution in [-0.4, -0.2) is 43.5 Å². The topological polar surface area (TPSA) is 114 Å². The summed E-state index contributed by atoms with van der Waals surface area (Å²) in [4.78, 5) is 30.7. The van der Waals surface area contributed by atoms with Crippen LogP contribution in [0.15, 0.2) is 33.9 Å². The van der Waals surface area contributed by atoms with Gasteiger partial charge in [0.15, 0.2) is 11.2 Å². The first-order valence-corrected chi connectivity index (χ1v) is 8.71. The van der Waals surface area contributed by atoms with E-state index in [0.29, 0.717) is 18.2 Å². The summed E-state index contributed by atoms with van der Waals surface area (Å²) in [5, 5.41) is 13.5. The molecule has 2 heterocycles. The first kappa shape index (κ1) is 18.7. The molecule has 3 rings (SSSR count). The molecule has 0 spiro atoms. The Balaban J connectivity index is 1.88. The molecule has 1 aromatic carbocycles. The fraction of sp³-hybridized carbons (Fsp3) is 0.389. The van der Waals surface area contributed by atoms with Crippen molar-refractivity contribution in [3.05, 3.63) is 50.7 Å². The molecule has 0 saturated heterocycles. The zero-order valence-corrected chi connectivity index (χ0v) is 15.5. The molecule has 0 unspecified atom stereocenters. The standard InChI is InChI=1S/C18H23N5O4/c1-4-19-17-20-15-14(16(25)21-18(26)22(15)3)23(17)9-12(24)10-27-13-7-5-6-11(2)8-13/h5-8,12,24H,4,9-10H2,1-3H3,(H,19,20)(H,21,25,26)/t12-/m1/s1. The summed E-state index contributed by atoms with van der Waals surface area (Å²) in [5.41, 5.74) is 0.457. The number of rotatable bonds is 7. The van der Waals surface area contributed by atoms with Gasteiger partial charge in [0.2, 0.25) is 5.95 Å². The van der Waals surface area contributed by atoms with Gasteiger partial charge in [-0.25, -0.2) is 4.79 Å². The highest BCUT2D eigenvalue weighted by Crippen LogP contribution is 2.17. The van der Waals surface area contributed by atoms with E-state index in [1.54, 1.807) is 4.57 Å². The maximum absolute atomic E-state index is 12.3. The van der Waals surface area contributed by atoms with Crippen LogP contribution in [0.3, 0.4) is 0 Å². The lowest BCUT2D eigenvalue weighted by Gasteiger charge is -2.15. The van der Waals surface area contributed by atoms with E-state index in [-0.39, 0.29) is 24.3 Å². The molecule has 0 fully saturated rings. The third-order valence-electron chi connectivity index (χ3n) is 4.17. The molecule has 0 aliphatic carbocycles. The maximum Gasteiger partial charge on any atom is 0.329 e. The van der Waals surface area contributed by atoms with Crippen LogP contribution in [0.2, 0.25) is 0 Å². The van der Waals surface area contributed by atoms with Crippen LogP contribution in [0.1, 0.15) is 12.5 Å². The van der Waals surface area contributed by atoms with Gasteiger partial charge in [0.05, 0.1) is 6.54 Å². The molecule has 0 radical (unpaired) electrons. The molecule has 3 N–H and O–H groups in total. The molecule has 0 aliphatic heterocycles. The van der Waals surface area contributed by atoms with Crippen LogP contribution < -0.4 is 21.3 Å². The number of hydrogen-bond acceptors (Lipinski definition) is 6. The van der Waals surface area contributed by atoms with Crippen LogP contribution in [-0.2, 0) is 13.6 Å². The molecule has 0 amide bonds. The van der Waals surface area contributed by atoms with E-state index >= 15 is 0 Å². The van der Waals surface area contributed by atoms with Gasteiger partial charge in [0, 0.05) is 13.6 Å². The third kappa shape index (κ3) is 3.87. The van der Waals surface area contributed by atoms with Crippen molar-refractivity contribution in [3.63, 3.8) is 0 Å². The quantitative estimate of drug-likeness (QED) is 0.559. The summed E-state index contributed by atoms with van der Waals surface area (Å²) in [6, 6.07) is 7.53. The SMILES string of the molecule is CCNc1nc2c(c(=O)[nH]c(=O)n2C)n1C[C@@H](O)COc1cccc(C)c1. The highest BCUT2D eigenvalue weighted by molar-refractivity contribution is 5.74. The Morgan fingerprint density at radius 2 is 2.15 bits per heavy atom. The number of fused-ring (bicyclic) bond motifs is 1. The first-order valence-electron chi connectivity index (χ1n) is 8.71. The Bertz CT molecular complexity index is 1070. The average molecular weight is 373 g/mol. The predicted molar refractivity (Wildman–Crippen MR) is 102 cm³/mol. The van der Waals surface area contributed by atoms with Crippen LogP contribution in [0.4, 0.5) is 5.95 Å². The number of aliphatic hydroxyl groups excluding tert-OH is 1. The van der Waals surface area contributed by atoms with Crippen LogP contribution >= 0.6 is 0 Å². The van der Waals surface area contributed by atoms with E-state index in [4.69, 9.17) is 4.74 Å². The molecule has 1 atom stereocenters. The average Bonchev–Trinajstić information content (AvgIpc) is 2.97. The number of ether oxygens (including phenoxy) is 1. The number of aromatic nitrogens is 4. The van der Waals surface area contributed by atoms with Crippen molar-refractivity contribution in [2.45, 2.75) is 26.5 Å². The molecular formula is C18H23N5O4. The maximum atomic E-state index is 12.3. The van der Waals surface area contributed by atoms with E-state index in [2.05, 4.69) is 15.3 Å². The summed E-state index contributed by atoms with van der Waals surface area (Å²) in [7, 11) is 1.53. The number of aryl methyl sites for hydroxylation is 2. The van der Waals surface area contributed by atoms with Crippen LogP contribution in [0, 0.1) is 6.92 Å². The van der Waals surface area contributed by atoms with Crippen LogP contribution in [0.25, 0.3) is 11.2 Å². The zero-order chi connectivity index (χ0) is 19.6. The number of aromatic amines is 1. The largest absolute Gasteiger partial charge is 0.491 e. The summed E-state index contributed by atoms with van der Waals surface area (Å²) in [6.45, 7) is 4.57. The third-order valence-corrected chi connectivity index (χ3v) is 4.17. The molecule has 9 nitrogen and oxygen atoms in total. The molecule has 0 saturated carbocycles. The molecule has 0 aliphatic rings. The Morgan fingerprint density at radius 3 is 2.85 bits per heavy atom. The smallest absolute Gasteiger partial charge is 0.329 e. The Hall–Kier alpha value is -3.07. The summed E-state index contributed by atoms with van der Waals surface area (Å²) >= 11 is 0. The molecule has 3 aromatic rings. The number of hydrogen-bond donors (Lipinski definition) is 3. The summed E-state index contributed by atoms with van der Waals surface area (Å²) in [6.07, 6.45) is -0.878. The van der Waals surface area contributed by atoms with Gasteiger partial charge in [-0.15, -0.1) is 0 Å². The number of imidazole rings is 1. The first-order chi connectivity index (χ1) is 12.9. The lowest BCUT2D eigenvalue weighted by atomic mass is 10.2. The number of nitrogens with one attached hydrogen (secondary N) is 2. The van der Waals surface area contributed by atoms with Gasteiger partial charge < -0.3 is 19.7 Å². The minimum Gasteiger partial charge on any atom is -0.491 e. The highest BCUT2D eigenvalue weighted by atomic mass is 16.5. The number of nitrogens with zero attached hydrogens (tertiary/aromatic N) is 3. The van der Waals surface area contributed by atoms with Crippen molar-refractivity contribution < 1.29 is 9.84 Å². The van der Waals surface area contributed by atoms with Gasteiger partial charge in [0.25, 0.3) is 5.56 Å². The van der Waals surface area contributed by atoms with E-state index in [1.165, 1.54) is 11.6 Å². The van der Waals surface area contributed by atoms with Gasteiger partial charge in [-0.05, 0) is 31.5 Å². The Labute approximate surface area is 155 Å². The van der Waals surface area contributed by atoms with E-state index in [0.717, 1.165) is 5.56 Å². The van der Waals surface area contributed by atoms with Crippen molar-refractivity contribution in [1.29, 1.82) is 0 Å². The van der Waals surface area contributed by atoms with E-state index in [1.807, 2.05) is 38.1 Å². The fourth-order valence-corrected chi connectivity index (χ4v) is 2.87. The number of H-pyrrole nitrogens is 1. The molecule has 2 aromatic heterocycles. The molecule has 9 heteroatoms. The Kier molecular flexibility index (Phi) is 5.31. The molecule has 0 bridgehead atoms. The predicted octanol–water partition coefficient (Wildman–Crippen LogP) is 0.603. The van der Waals surface area contributed by atoms with E-state index < -0.39 is 17.4 Å². The van der Waals surface area contributed by atoms with E-state index in [9.17, 15) is 14.7 Å². The summed E-state index contributed by atoms with van der Waals surface area (Å²) in [5.74, 6) is 1.07. The Morgan fingerprint density at radius 1 is 1.37 bits per heavy atom. The summed E-state index contributed by atoms with van der Waals surface area (Å²) < 4.78 is 8.48. The van der Waals surface area contributed by atoms with Gasteiger partial charge in [-0.2, -0.15) is 4.98 Å². The number of benzene rings is 1. The van der Waals surface area contributed by atoms with Crippen molar-refractivity contribution in [2.24, 2.45) is 7.05 Å².